The average molecular weight is 290 g/mol. The van der Waals surface area contributed by atoms with Gasteiger partial charge in [-0.25, -0.2) is 0 Å². The van der Waals surface area contributed by atoms with E-state index in [2.05, 4.69) is 0 Å². The first-order valence-corrected chi connectivity index (χ1v) is 7.86. The van der Waals surface area contributed by atoms with Gasteiger partial charge in [-0.3, -0.25) is 4.79 Å². The number of amides is 1. The van der Waals surface area contributed by atoms with Crippen molar-refractivity contribution in [1.29, 1.82) is 0 Å². The molecule has 0 aromatic heterocycles. The molecule has 0 bridgehead atoms. The maximum Gasteiger partial charge on any atom is 0.263 e. The molecule has 1 saturated heterocycles. The fraction of sp³-hybridized carbons (Fsp3) is 0.588. The highest BCUT2D eigenvalue weighted by Crippen LogP contribution is 2.22. The number of benzene rings is 1. The van der Waals surface area contributed by atoms with Crippen molar-refractivity contribution in [2.45, 2.75) is 39.2 Å². The third-order valence-electron chi connectivity index (χ3n) is 4.27. The Balaban J connectivity index is 1.98. The van der Waals surface area contributed by atoms with E-state index in [1.165, 1.54) is 0 Å². The molecule has 2 rings (SSSR count). The highest BCUT2D eigenvalue weighted by atomic mass is 16.5. The summed E-state index contributed by atoms with van der Waals surface area (Å²) in [4.78, 5) is 14.5. The minimum Gasteiger partial charge on any atom is -0.480 e. The Labute approximate surface area is 127 Å². The molecule has 1 heterocycles. The van der Waals surface area contributed by atoms with Gasteiger partial charge in [-0.15, -0.1) is 0 Å². The molecular formula is C17H26N2O2. The average Bonchev–Trinajstić information content (AvgIpc) is 2.53. The SMILES string of the molecule is CCC(Oc1ccccc1C)C(=O)N1CCC(CN)CC1. The Morgan fingerprint density at radius 1 is 1.38 bits per heavy atom. The van der Waals surface area contributed by atoms with Gasteiger partial charge in [-0.2, -0.15) is 0 Å². The number of carbonyl (C=O) groups is 1. The van der Waals surface area contributed by atoms with Gasteiger partial charge < -0.3 is 15.4 Å². The second-order valence-corrected chi connectivity index (χ2v) is 5.78. The van der Waals surface area contributed by atoms with Gasteiger partial charge in [0.1, 0.15) is 5.75 Å². The number of hydrogen-bond donors (Lipinski definition) is 1. The number of nitrogens with two attached hydrogens (primary N) is 1. The molecule has 4 nitrogen and oxygen atoms in total. The molecule has 0 saturated carbocycles. The zero-order valence-electron chi connectivity index (χ0n) is 13.0. The van der Waals surface area contributed by atoms with Crippen LogP contribution in [0.1, 0.15) is 31.7 Å². The zero-order chi connectivity index (χ0) is 15.2. The molecule has 0 radical (unpaired) electrons. The van der Waals surface area contributed by atoms with Crippen molar-refractivity contribution >= 4 is 5.91 Å². The van der Waals surface area contributed by atoms with Crippen molar-refractivity contribution in [2.75, 3.05) is 19.6 Å². The molecule has 0 spiro atoms. The van der Waals surface area contributed by atoms with Crippen LogP contribution in [-0.2, 0) is 4.79 Å². The number of carbonyl (C=O) groups excluding carboxylic acids is 1. The fourth-order valence-electron chi connectivity index (χ4n) is 2.74. The van der Waals surface area contributed by atoms with Crippen LogP contribution in [-0.4, -0.2) is 36.5 Å². The second kappa shape index (κ2) is 7.46. The number of hydrogen-bond acceptors (Lipinski definition) is 3. The predicted molar refractivity (Wildman–Crippen MR) is 84.2 cm³/mol. The molecule has 1 amide bonds. The minimum absolute atomic E-state index is 0.108. The van der Waals surface area contributed by atoms with Gasteiger partial charge in [0.2, 0.25) is 0 Å². The Hall–Kier alpha value is -1.55. The molecule has 0 aliphatic carbocycles. The van der Waals surface area contributed by atoms with E-state index in [4.69, 9.17) is 10.5 Å². The summed E-state index contributed by atoms with van der Waals surface area (Å²) in [7, 11) is 0. The number of aryl methyl sites for hydroxylation is 1. The molecule has 4 heteroatoms. The van der Waals surface area contributed by atoms with Crippen LogP contribution in [0, 0.1) is 12.8 Å². The number of ether oxygens (including phenoxy) is 1. The van der Waals surface area contributed by atoms with Gasteiger partial charge in [0.15, 0.2) is 6.10 Å². The van der Waals surface area contributed by atoms with E-state index in [1.807, 2.05) is 43.0 Å². The third-order valence-corrected chi connectivity index (χ3v) is 4.27. The van der Waals surface area contributed by atoms with Crippen LogP contribution in [0.2, 0.25) is 0 Å². The van der Waals surface area contributed by atoms with Crippen LogP contribution in [0.4, 0.5) is 0 Å². The normalized spacial score (nSPS) is 17.6. The van der Waals surface area contributed by atoms with Crippen molar-refractivity contribution in [3.63, 3.8) is 0 Å². The van der Waals surface area contributed by atoms with E-state index in [0.717, 1.165) is 43.8 Å². The predicted octanol–water partition coefficient (Wildman–Crippen LogP) is 2.35. The largest absolute Gasteiger partial charge is 0.480 e. The summed E-state index contributed by atoms with van der Waals surface area (Å²) < 4.78 is 5.95. The molecule has 21 heavy (non-hydrogen) atoms. The summed E-state index contributed by atoms with van der Waals surface area (Å²) in [6.45, 7) is 6.31. The number of para-hydroxylation sites is 1. The molecule has 1 fully saturated rings. The van der Waals surface area contributed by atoms with Crippen LogP contribution in [0.25, 0.3) is 0 Å². The van der Waals surface area contributed by atoms with Crippen LogP contribution >= 0.6 is 0 Å². The lowest BCUT2D eigenvalue weighted by atomic mass is 9.96. The van der Waals surface area contributed by atoms with E-state index in [-0.39, 0.29) is 12.0 Å². The first kappa shape index (κ1) is 15.8. The van der Waals surface area contributed by atoms with Crippen molar-refractivity contribution in [1.82, 2.24) is 4.90 Å². The zero-order valence-corrected chi connectivity index (χ0v) is 13.0. The van der Waals surface area contributed by atoms with Crippen LogP contribution in [0.5, 0.6) is 5.75 Å². The maximum atomic E-state index is 12.6. The quantitative estimate of drug-likeness (QED) is 0.905. The monoisotopic (exact) mass is 290 g/mol. The van der Waals surface area contributed by atoms with E-state index < -0.39 is 0 Å². The number of rotatable bonds is 5. The molecule has 2 N–H and O–H groups in total. The summed E-state index contributed by atoms with van der Waals surface area (Å²) >= 11 is 0. The van der Waals surface area contributed by atoms with Crippen LogP contribution in [0.15, 0.2) is 24.3 Å². The lowest BCUT2D eigenvalue weighted by molar-refractivity contribution is -0.140. The van der Waals surface area contributed by atoms with Crippen molar-refractivity contribution < 1.29 is 9.53 Å². The number of likely N-dealkylation sites (tertiary alicyclic amines) is 1. The lowest BCUT2D eigenvalue weighted by Crippen LogP contribution is -2.46. The van der Waals surface area contributed by atoms with Crippen molar-refractivity contribution in [2.24, 2.45) is 11.7 Å². The topological polar surface area (TPSA) is 55.6 Å². The van der Waals surface area contributed by atoms with Crippen LogP contribution in [0.3, 0.4) is 0 Å². The molecule has 1 aromatic rings. The summed E-state index contributed by atoms with van der Waals surface area (Å²) in [5, 5.41) is 0. The molecule has 1 aromatic carbocycles. The molecule has 1 aliphatic rings. The highest BCUT2D eigenvalue weighted by molar-refractivity contribution is 5.81. The number of piperidine rings is 1. The summed E-state index contributed by atoms with van der Waals surface area (Å²) in [6, 6.07) is 7.83. The van der Waals surface area contributed by atoms with Crippen molar-refractivity contribution in [3.05, 3.63) is 29.8 Å². The Bertz CT molecular complexity index is 468. The van der Waals surface area contributed by atoms with Gasteiger partial charge in [0, 0.05) is 13.1 Å². The van der Waals surface area contributed by atoms with Crippen molar-refractivity contribution in [3.8, 4) is 5.75 Å². The number of nitrogens with zero attached hydrogens (tertiary/aromatic N) is 1. The highest BCUT2D eigenvalue weighted by Gasteiger charge is 2.28. The molecule has 1 unspecified atom stereocenters. The van der Waals surface area contributed by atoms with Gasteiger partial charge in [0.05, 0.1) is 0 Å². The summed E-state index contributed by atoms with van der Waals surface area (Å²) in [5.41, 5.74) is 6.76. The van der Waals surface area contributed by atoms with Gasteiger partial charge in [0.25, 0.3) is 5.91 Å². The Morgan fingerprint density at radius 2 is 2.05 bits per heavy atom. The van der Waals surface area contributed by atoms with E-state index in [9.17, 15) is 4.79 Å². The standard InChI is InChI=1S/C17H26N2O2/c1-3-15(21-16-7-5-4-6-13(16)2)17(20)19-10-8-14(12-18)9-11-19/h4-7,14-15H,3,8-12,18H2,1-2H3. The smallest absolute Gasteiger partial charge is 0.263 e. The third kappa shape index (κ3) is 3.97. The van der Waals surface area contributed by atoms with Gasteiger partial charge >= 0.3 is 0 Å². The summed E-state index contributed by atoms with van der Waals surface area (Å²) in [6.07, 6.45) is 2.30. The lowest BCUT2D eigenvalue weighted by Gasteiger charge is -2.33. The van der Waals surface area contributed by atoms with Gasteiger partial charge in [-0.05, 0) is 50.3 Å². The van der Waals surface area contributed by atoms with Gasteiger partial charge in [-0.1, -0.05) is 25.1 Å². The first-order valence-electron chi connectivity index (χ1n) is 7.86. The maximum absolute atomic E-state index is 12.6. The fourth-order valence-corrected chi connectivity index (χ4v) is 2.74. The molecular weight excluding hydrogens is 264 g/mol. The molecule has 1 atom stereocenters. The van der Waals surface area contributed by atoms with E-state index in [1.54, 1.807) is 0 Å². The molecule has 116 valence electrons. The van der Waals surface area contributed by atoms with Crippen LogP contribution < -0.4 is 10.5 Å². The summed E-state index contributed by atoms with van der Waals surface area (Å²) in [5.74, 6) is 1.47. The molecule has 1 aliphatic heterocycles. The Morgan fingerprint density at radius 3 is 2.62 bits per heavy atom. The Kier molecular flexibility index (Phi) is 5.62. The minimum atomic E-state index is -0.388. The van der Waals surface area contributed by atoms with E-state index in [0.29, 0.717) is 12.3 Å². The second-order valence-electron chi connectivity index (χ2n) is 5.78. The first-order chi connectivity index (χ1) is 10.2. The van der Waals surface area contributed by atoms with E-state index >= 15 is 0 Å².